The van der Waals surface area contributed by atoms with Gasteiger partial charge in [-0.05, 0) is 55.1 Å². The third-order valence-electron chi connectivity index (χ3n) is 4.80. The quantitative estimate of drug-likeness (QED) is 0.315. The Labute approximate surface area is 181 Å². The molecule has 0 radical (unpaired) electrons. The Morgan fingerprint density at radius 1 is 1.20 bits per heavy atom. The molecule has 0 spiro atoms. The number of nitrogens with one attached hydrogen (secondary N) is 1. The van der Waals surface area contributed by atoms with Crippen molar-refractivity contribution in [2.75, 3.05) is 36.5 Å². The Bertz CT molecular complexity index is 882. The van der Waals surface area contributed by atoms with E-state index < -0.39 is 11.9 Å². The van der Waals surface area contributed by atoms with Crippen molar-refractivity contribution < 1.29 is 19.1 Å². The molecule has 2 aliphatic heterocycles. The second-order valence-electron chi connectivity index (χ2n) is 8.04. The highest BCUT2D eigenvalue weighted by Crippen LogP contribution is 2.48. The highest BCUT2D eigenvalue weighted by atomic mass is 32.2. The van der Waals surface area contributed by atoms with Crippen molar-refractivity contribution in [3.63, 3.8) is 0 Å². The average Bonchev–Trinajstić information content (AvgIpc) is 3.07. The third kappa shape index (κ3) is 4.64. The zero-order valence-corrected chi connectivity index (χ0v) is 19.0. The molecule has 0 aromatic heterocycles. The van der Waals surface area contributed by atoms with E-state index in [1.807, 2.05) is 0 Å². The number of hydrogen-bond donors (Lipinski definition) is 1. The van der Waals surface area contributed by atoms with Crippen molar-refractivity contribution in [3.8, 4) is 0 Å². The van der Waals surface area contributed by atoms with Crippen LogP contribution in [0.5, 0.6) is 0 Å². The first-order valence-corrected chi connectivity index (χ1v) is 11.1. The molecule has 3 rings (SSSR count). The summed E-state index contributed by atoms with van der Waals surface area (Å²) in [5.41, 5.74) is 2.85. The Morgan fingerprint density at radius 3 is 2.47 bits per heavy atom. The van der Waals surface area contributed by atoms with Gasteiger partial charge in [-0.3, -0.25) is 4.99 Å². The maximum Gasteiger partial charge on any atom is 0.347 e. The lowest BCUT2D eigenvalue weighted by atomic mass is 9.86. The number of thioether (sulfide) groups is 1. The highest BCUT2D eigenvalue weighted by molar-refractivity contribution is 8.15. The maximum absolute atomic E-state index is 12.3. The molecule has 1 N–H and O–H groups in total. The van der Waals surface area contributed by atoms with Crippen LogP contribution in [0.3, 0.4) is 0 Å². The molecular weight excluding hydrogens is 402 g/mol. The van der Waals surface area contributed by atoms with E-state index in [1.54, 1.807) is 25.6 Å². The average molecular weight is 432 g/mol. The number of carbonyl (C=O) groups excluding carboxylic acids is 2. The summed E-state index contributed by atoms with van der Waals surface area (Å²) in [5, 5.41) is 4.17. The van der Waals surface area contributed by atoms with Gasteiger partial charge in [-0.25, -0.2) is 9.59 Å². The highest BCUT2D eigenvalue weighted by Gasteiger charge is 2.32. The Morgan fingerprint density at radius 2 is 1.87 bits per heavy atom. The van der Waals surface area contributed by atoms with Crippen molar-refractivity contribution in [1.29, 1.82) is 0 Å². The van der Waals surface area contributed by atoms with Crippen LogP contribution >= 0.6 is 11.8 Å². The number of amidine groups is 1. The largest absolute Gasteiger partial charge is 0.462 e. The molecule has 30 heavy (non-hydrogen) atoms. The van der Waals surface area contributed by atoms with E-state index in [0.717, 1.165) is 46.5 Å². The topological polar surface area (TPSA) is 80.2 Å². The van der Waals surface area contributed by atoms with Crippen LogP contribution in [0.25, 0.3) is 0 Å². The van der Waals surface area contributed by atoms with Gasteiger partial charge in [-0.1, -0.05) is 20.8 Å². The summed E-state index contributed by atoms with van der Waals surface area (Å²) in [4.78, 5) is 32.5. The molecule has 2 heterocycles. The van der Waals surface area contributed by atoms with Crippen LogP contribution in [0, 0.1) is 0 Å². The molecule has 1 aromatic rings. The van der Waals surface area contributed by atoms with Gasteiger partial charge in [-0.2, -0.15) is 0 Å². The van der Waals surface area contributed by atoms with Gasteiger partial charge in [0.05, 0.1) is 29.5 Å². The molecule has 7 nitrogen and oxygen atoms in total. The minimum atomic E-state index is -0.707. The van der Waals surface area contributed by atoms with Gasteiger partial charge < -0.3 is 19.7 Å². The number of hydrogen-bond acceptors (Lipinski definition) is 8. The van der Waals surface area contributed by atoms with Crippen molar-refractivity contribution in [2.24, 2.45) is 4.99 Å². The molecule has 162 valence electrons. The molecule has 0 atom stereocenters. The van der Waals surface area contributed by atoms with Gasteiger partial charge >= 0.3 is 11.9 Å². The normalized spacial score (nSPS) is 15.0. The summed E-state index contributed by atoms with van der Waals surface area (Å²) in [6.45, 7) is 12.0. The number of fused-ring (bicyclic) bond motifs is 3. The number of ether oxygens (including phenoxy) is 2. The lowest BCUT2D eigenvalue weighted by Crippen LogP contribution is -2.30. The predicted molar refractivity (Wildman–Crippen MR) is 120 cm³/mol. The van der Waals surface area contributed by atoms with Gasteiger partial charge in [-0.15, -0.1) is 0 Å². The van der Waals surface area contributed by atoms with E-state index >= 15 is 0 Å². The van der Waals surface area contributed by atoms with E-state index in [0.29, 0.717) is 0 Å². The van der Waals surface area contributed by atoms with E-state index in [4.69, 9.17) is 9.47 Å². The molecule has 0 bridgehead atoms. The van der Waals surface area contributed by atoms with Gasteiger partial charge in [0.15, 0.2) is 10.7 Å². The minimum absolute atomic E-state index is 0.0688. The predicted octanol–water partition coefficient (Wildman–Crippen LogP) is 4.08. The molecule has 1 aromatic carbocycles. The molecule has 0 aliphatic carbocycles. The second kappa shape index (κ2) is 9.12. The van der Waals surface area contributed by atoms with Gasteiger partial charge in [0.25, 0.3) is 0 Å². The molecule has 0 amide bonds. The lowest BCUT2D eigenvalue weighted by molar-refractivity contribution is -0.146. The first-order valence-electron chi connectivity index (χ1n) is 10.3. The van der Waals surface area contributed by atoms with E-state index in [1.165, 1.54) is 6.20 Å². The summed E-state index contributed by atoms with van der Waals surface area (Å²) in [5.74, 6) is -1.41. The van der Waals surface area contributed by atoms with E-state index in [-0.39, 0.29) is 24.2 Å². The van der Waals surface area contributed by atoms with Crippen LogP contribution in [0.1, 0.15) is 46.6 Å². The van der Waals surface area contributed by atoms with Crippen molar-refractivity contribution in [3.05, 3.63) is 29.5 Å². The standard InChI is InChI=1S/C22H29N3O4S/c1-6-28-19(26)15(20(27)29-7-2)13-24-16-11-14(22(3,4)5)12-17-18(16)30-21-23-9-8-10-25(17)21/h11-13,24H,6-10H2,1-5H3. The number of aliphatic imine (C=N–C) groups is 1. The molecule has 0 saturated heterocycles. The molecule has 0 saturated carbocycles. The third-order valence-corrected chi connectivity index (χ3v) is 5.97. The SMILES string of the molecule is CCOC(=O)C(=CNc1cc(C(C)(C)C)cc2c1SC1=NCCCN12)C(=O)OCC. The summed E-state index contributed by atoms with van der Waals surface area (Å²) in [6.07, 6.45) is 2.40. The number of esters is 2. The summed E-state index contributed by atoms with van der Waals surface area (Å²) in [6, 6.07) is 4.28. The Hall–Kier alpha value is -2.48. The number of carbonyl (C=O) groups is 2. The minimum Gasteiger partial charge on any atom is -0.462 e. The fraction of sp³-hybridized carbons (Fsp3) is 0.500. The smallest absolute Gasteiger partial charge is 0.347 e. The van der Waals surface area contributed by atoms with Gasteiger partial charge in [0.2, 0.25) is 0 Å². The van der Waals surface area contributed by atoms with Crippen LogP contribution < -0.4 is 10.2 Å². The van der Waals surface area contributed by atoms with Crippen LogP contribution in [0.2, 0.25) is 0 Å². The number of nitrogens with zero attached hydrogens (tertiary/aromatic N) is 2. The van der Waals surface area contributed by atoms with Crippen LogP contribution in [-0.4, -0.2) is 43.4 Å². The zero-order chi connectivity index (χ0) is 21.9. The molecule has 0 unspecified atom stereocenters. The van der Waals surface area contributed by atoms with Crippen LogP contribution in [0.15, 0.2) is 33.8 Å². The summed E-state index contributed by atoms with van der Waals surface area (Å²) in [7, 11) is 0. The second-order valence-corrected chi connectivity index (χ2v) is 9.01. The van der Waals surface area contributed by atoms with Crippen molar-refractivity contribution in [2.45, 2.75) is 51.3 Å². The van der Waals surface area contributed by atoms with Crippen LogP contribution in [-0.2, 0) is 24.5 Å². The molecule has 2 aliphatic rings. The fourth-order valence-electron chi connectivity index (χ4n) is 3.22. The Balaban J connectivity index is 2.02. The Kier molecular flexibility index (Phi) is 6.75. The first kappa shape index (κ1) is 22.2. The maximum atomic E-state index is 12.3. The molecular formula is C22H29N3O4S. The van der Waals surface area contributed by atoms with Crippen LogP contribution in [0.4, 0.5) is 11.4 Å². The monoisotopic (exact) mass is 431 g/mol. The zero-order valence-electron chi connectivity index (χ0n) is 18.2. The summed E-state index contributed by atoms with van der Waals surface area (Å²) < 4.78 is 10.1. The first-order chi connectivity index (χ1) is 14.3. The van der Waals surface area contributed by atoms with Crippen molar-refractivity contribution >= 4 is 40.2 Å². The van der Waals surface area contributed by atoms with Crippen molar-refractivity contribution in [1.82, 2.24) is 0 Å². The van der Waals surface area contributed by atoms with E-state index in [9.17, 15) is 9.59 Å². The number of benzene rings is 1. The molecule has 8 heteroatoms. The number of anilines is 2. The van der Waals surface area contributed by atoms with E-state index in [2.05, 4.69) is 48.1 Å². The van der Waals surface area contributed by atoms with Gasteiger partial charge in [0.1, 0.15) is 0 Å². The summed E-state index contributed by atoms with van der Waals surface area (Å²) >= 11 is 1.61. The fourth-order valence-corrected chi connectivity index (χ4v) is 4.36. The molecule has 0 fully saturated rings. The number of rotatable bonds is 6. The van der Waals surface area contributed by atoms with Gasteiger partial charge in [0, 0.05) is 19.3 Å². The lowest BCUT2D eigenvalue weighted by Gasteiger charge is -2.26.